The van der Waals surface area contributed by atoms with E-state index >= 15 is 0 Å². The molecule has 134 valence electrons. The van der Waals surface area contributed by atoms with Crippen LogP contribution in [-0.2, 0) is 6.67 Å². The van der Waals surface area contributed by atoms with Crippen LogP contribution in [0.25, 0.3) is 11.5 Å². The van der Waals surface area contributed by atoms with Crippen LogP contribution in [0, 0.1) is 4.84 Å². The molecule has 9 heteroatoms. The molecule has 6 nitrogen and oxygen atoms in total. The van der Waals surface area contributed by atoms with Gasteiger partial charge < -0.3 is 19.2 Å². The number of ether oxygens (including phenoxy) is 2. The van der Waals surface area contributed by atoms with Gasteiger partial charge in [-0.2, -0.15) is 0 Å². The lowest BCUT2D eigenvalue weighted by Crippen LogP contribution is -2.15. The molecule has 1 aliphatic heterocycles. The predicted octanol–water partition coefficient (Wildman–Crippen LogP) is 5.02. The number of aromatic nitrogens is 2. The molecule has 0 aliphatic carbocycles. The van der Waals surface area contributed by atoms with Crippen molar-refractivity contribution in [2.75, 3.05) is 18.5 Å². The monoisotopic (exact) mass is 409 g/mol. The maximum absolute atomic E-state index is 6.01. The third-order valence-corrected chi connectivity index (χ3v) is 4.78. The minimum Gasteiger partial charge on any atom is -0.486 e. The highest BCUT2D eigenvalue weighted by molar-refractivity contribution is 7.71. The van der Waals surface area contributed by atoms with E-state index in [9.17, 15) is 0 Å². The fourth-order valence-corrected chi connectivity index (χ4v) is 2.95. The topological polar surface area (TPSA) is 61.5 Å². The average Bonchev–Trinajstić information content (AvgIpc) is 3.03. The third-order valence-electron chi connectivity index (χ3n) is 3.75. The van der Waals surface area contributed by atoms with E-state index in [1.54, 1.807) is 16.8 Å². The fraction of sp³-hybridized carbons (Fsp3) is 0.176. The van der Waals surface area contributed by atoms with Gasteiger partial charge in [0.05, 0.1) is 10.0 Å². The van der Waals surface area contributed by atoms with E-state index in [2.05, 4.69) is 10.4 Å². The lowest BCUT2D eigenvalue weighted by atomic mass is 10.2. The van der Waals surface area contributed by atoms with Crippen LogP contribution in [-0.4, -0.2) is 23.0 Å². The average molecular weight is 410 g/mol. The van der Waals surface area contributed by atoms with E-state index in [0.29, 0.717) is 47.3 Å². The Hall–Kier alpha value is -2.22. The first-order valence-electron chi connectivity index (χ1n) is 7.77. The van der Waals surface area contributed by atoms with Gasteiger partial charge in [0, 0.05) is 11.3 Å². The zero-order chi connectivity index (χ0) is 18.1. The summed E-state index contributed by atoms with van der Waals surface area (Å²) in [6, 6.07) is 10.8. The lowest BCUT2D eigenvalue weighted by Gasteiger charge is -2.18. The number of halogens is 2. The molecule has 0 atom stereocenters. The zero-order valence-corrected chi connectivity index (χ0v) is 15.7. The Kier molecular flexibility index (Phi) is 4.76. The van der Waals surface area contributed by atoms with E-state index in [1.165, 1.54) is 0 Å². The van der Waals surface area contributed by atoms with Gasteiger partial charge in [-0.1, -0.05) is 23.2 Å². The molecular weight excluding hydrogens is 397 g/mol. The Balaban J connectivity index is 1.54. The third kappa shape index (κ3) is 3.51. The van der Waals surface area contributed by atoms with Crippen molar-refractivity contribution in [2.24, 2.45) is 0 Å². The van der Waals surface area contributed by atoms with Crippen LogP contribution >= 0.6 is 35.4 Å². The molecule has 0 fully saturated rings. The Bertz CT molecular complexity index is 1020. The Morgan fingerprint density at radius 3 is 2.65 bits per heavy atom. The molecule has 0 unspecified atom stereocenters. The van der Waals surface area contributed by atoms with Crippen molar-refractivity contribution in [2.45, 2.75) is 6.67 Å². The summed E-state index contributed by atoms with van der Waals surface area (Å²) < 4.78 is 18.3. The molecule has 0 radical (unpaired) electrons. The summed E-state index contributed by atoms with van der Waals surface area (Å²) in [5.74, 6) is 1.78. The van der Waals surface area contributed by atoms with Crippen LogP contribution in [0.3, 0.4) is 0 Å². The maximum atomic E-state index is 6.01. The molecule has 4 rings (SSSR count). The van der Waals surface area contributed by atoms with Crippen LogP contribution in [0.15, 0.2) is 40.8 Å². The summed E-state index contributed by atoms with van der Waals surface area (Å²) in [5, 5.41) is 8.55. The molecule has 0 saturated heterocycles. The van der Waals surface area contributed by atoms with Gasteiger partial charge in [0.2, 0.25) is 5.89 Å². The van der Waals surface area contributed by atoms with E-state index in [1.807, 2.05) is 24.3 Å². The smallest absolute Gasteiger partial charge is 0.289 e. The number of nitrogens with zero attached hydrogens (tertiary/aromatic N) is 2. The molecular formula is C17H13Cl2N3O3S. The van der Waals surface area contributed by atoms with E-state index in [4.69, 9.17) is 49.3 Å². The number of anilines is 1. The molecule has 0 saturated carbocycles. The van der Waals surface area contributed by atoms with Crippen molar-refractivity contribution in [3.8, 4) is 23.0 Å². The Morgan fingerprint density at radius 1 is 1.04 bits per heavy atom. The van der Waals surface area contributed by atoms with Crippen LogP contribution in [0.2, 0.25) is 10.0 Å². The van der Waals surface area contributed by atoms with Gasteiger partial charge in [-0.25, -0.2) is 4.68 Å². The summed E-state index contributed by atoms with van der Waals surface area (Å²) in [6.45, 7) is 1.38. The van der Waals surface area contributed by atoms with Gasteiger partial charge in [-0.3, -0.25) is 0 Å². The number of nitrogens with one attached hydrogen (secondary N) is 1. The van der Waals surface area contributed by atoms with Gasteiger partial charge in [0.1, 0.15) is 19.9 Å². The summed E-state index contributed by atoms with van der Waals surface area (Å²) in [7, 11) is 0. The second kappa shape index (κ2) is 7.19. The first-order chi connectivity index (χ1) is 12.6. The molecule has 3 aromatic rings. The Morgan fingerprint density at radius 2 is 1.85 bits per heavy atom. The molecule has 26 heavy (non-hydrogen) atoms. The van der Waals surface area contributed by atoms with Crippen molar-refractivity contribution in [3.63, 3.8) is 0 Å². The standard InChI is InChI=1S/C17H13Cl2N3O3S/c18-12-3-2-11(8-13(12)19)20-9-22-17(26)25-16(21-22)10-1-4-14-15(7-10)24-6-5-23-14/h1-4,7-8,20H,5-6,9H2. The molecule has 0 amide bonds. The molecule has 1 aliphatic rings. The van der Waals surface area contributed by atoms with Crippen molar-refractivity contribution < 1.29 is 13.9 Å². The van der Waals surface area contributed by atoms with Crippen LogP contribution < -0.4 is 14.8 Å². The minimum atomic E-state index is 0.252. The van der Waals surface area contributed by atoms with Gasteiger partial charge in [-0.05, 0) is 48.6 Å². The van der Waals surface area contributed by atoms with Gasteiger partial charge in [-0.15, -0.1) is 5.10 Å². The summed E-state index contributed by atoms with van der Waals surface area (Å²) in [5.41, 5.74) is 1.55. The number of fused-ring (bicyclic) bond motifs is 1. The first kappa shape index (κ1) is 17.2. The quantitative estimate of drug-likeness (QED) is 0.610. The number of rotatable bonds is 4. The van der Waals surface area contributed by atoms with Crippen molar-refractivity contribution in [1.29, 1.82) is 0 Å². The normalized spacial score (nSPS) is 12.8. The summed E-state index contributed by atoms with van der Waals surface area (Å²) in [6.07, 6.45) is 0. The van der Waals surface area contributed by atoms with Gasteiger partial charge >= 0.3 is 0 Å². The highest BCUT2D eigenvalue weighted by Crippen LogP contribution is 2.34. The van der Waals surface area contributed by atoms with Crippen LogP contribution in [0.5, 0.6) is 11.5 Å². The largest absolute Gasteiger partial charge is 0.486 e. The second-order valence-electron chi connectivity index (χ2n) is 5.49. The SMILES string of the molecule is S=c1oc(-c2ccc3c(c2)OCCO3)nn1CNc1ccc(Cl)c(Cl)c1. The number of hydrogen-bond acceptors (Lipinski definition) is 6. The molecule has 2 heterocycles. The minimum absolute atomic E-state index is 0.252. The molecule has 0 bridgehead atoms. The lowest BCUT2D eigenvalue weighted by molar-refractivity contribution is 0.171. The van der Waals surface area contributed by atoms with E-state index < -0.39 is 0 Å². The zero-order valence-electron chi connectivity index (χ0n) is 13.4. The highest BCUT2D eigenvalue weighted by Gasteiger charge is 2.15. The number of hydrogen-bond donors (Lipinski definition) is 1. The van der Waals surface area contributed by atoms with Crippen LogP contribution in [0.4, 0.5) is 5.69 Å². The summed E-state index contributed by atoms with van der Waals surface area (Å²) >= 11 is 17.2. The predicted molar refractivity (Wildman–Crippen MR) is 102 cm³/mol. The second-order valence-corrected chi connectivity index (χ2v) is 6.66. The first-order valence-corrected chi connectivity index (χ1v) is 8.93. The van der Waals surface area contributed by atoms with Crippen molar-refractivity contribution >= 4 is 41.1 Å². The van der Waals surface area contributed by atoms with Crippen molar-refractivity contribution in [3.05, 3.63) is 51.3 Å². The molecule has 2 aromatic carbocycles. The summed E-state index contributed by atoms with van der Waals surface area (Å²) in [4.78, 5) is 0.252. The highest BCUT2D eigenvalue weighted by atomic mass is 35.5. The van der Waals surface area contributed by atoms with Gasteiger partial charge in [0.25, 0.3) is 4.84 Å². The molecule has 0 spiro atoms. The van der Waals surface area contributed by atoms with Gasteiger partial charge in [0.15, 0.2) is 11.5 Å². The molecule has 1 aromatic heterocycles. The van der Waals surface area contributed by atoms with E-state index in [0.717, 1.165) is 11.3 Å². The van der Waals surface area contributed by atoms with E-state index in [-0.39, 0.29) is 4.84 Å². The maximum Gasteiger partial charge on any atom is 0.289 e. The Labute approximate surface area is 164 Å². The fourth-order valence-electron chi connectivity index (χ4n) is 2.47. The van der Waals surface area contributed by atoms with Crippen molar-refractivity contribution in [1.82, 2.24) is 9.78 Å². The number of benzene rings is 2. The molecule has 1 N–H and O–H groups in total. The van der Waals surface area contributed by atoms with Crippen LogP contribution in [0.1, 0.15) is 0 Å².